The Morgan fingerprint density at radius 3 is 1.97 bits per heavy atom. The minimum absolute atomic E-state index is 0.250. The number of carbonyl (C=O) groups excluding carboxylic acids is 2. The molecule has 0 unspecified atom stereocenters. The summed E-state index contributed by atoms with van der Waals surface area (Å²) in [5.41, 5.74) is 0.899. The molecule has 0 radical (unpaired) electrons. The van der Waals surface area contributed by atoms with Crippen molar-refractivity contribution < 1.29 is 14.5 Å². The summed E-state index contributed by atoms with van der Waals surface area (Å²) in [5.74, 6) is -3.44. The van der Waals surface area contributed by atoms with Crippen LogP contribution in [0.5, 0.6) is 0 Å². The number of benzene rings is 3. The summed E-state index contributed by atoms with van der Waals surface area (Å²) < 4.78 is 0. The highest BCUT2D eigenvalue weighted by Crippen LogP contribution is 2.64. The average Bonchev–Trinajstić information content (AvgIpc) is 3.05. The molecule has 7 heteroatoms. The zero-order valence-electron chi connectivity index (χ0n) is 16.1. The van der Waals surface area contributed by atoms with Gasteiger partial charge in [0.15, 0.2) is 0 Å². The van der Waals surface area contributed by atoms with Crippen molar-refractivity contribution in [1.29, 1.82) is 0 Å². The lowest BCUT2D eigenvalue weighted by atomic mass is 9.51. The Morgan fingerprint density at radius 2 is 1.39 bits per heavy atom. The Morgan fingerprint density at radius 1 is 0.839 bits per heavy atom. The number of hydrogen-bond acceptors (Lipinski definition) is 4. The molecule has 1 saturated heterocycles. The van der Waals surface area contributed by atoms with Crippen molar-refractivity contribution in [3.63, 3.8) is 0 Å². The number of anilines is 1. The molecule has 1 aliphatic heterocycles. The topological polar surface area (TPSA) is 80.5 Å². The number of amides is 2. The Bertz CT molecular complexity index is 1270. The van der Waals surface area contributed by atoms with Crippen molar-refractivity contribution in [2.24, 2.45) is 11.8 Å². The molecule has 31 heavy (non-hydrogen) atoms. The first-order chi connectivity index (χ1) is 15.0. The van der Waals surface area contributed by atoms with Gasteiger partial charge in [0.05, 0.1) is 16.6 Å². The van der Waals surface area contributed by atoms with Crippen molar-refractivity contribution in [2.75, 3.05) is 4.90 Å². The molecule has 152 valence electrons. The SMILES string of the molecule is O=C1[C@@H]2C3c4ccccc4C([N+](=O)[O-])(c4ccccc43)[C@H]2C(=O)N1c1ccccc1Cl. The normalized spacial score (nSPS) is 27.6. The van der Waals surface area contributed by atoms with Crippen molar-refractivity contribution in [3.05, 3.63) is 110 Å². The minimum atomic E-state index is -1.82. The van der Waals surface area contributed by atoms with Gasteiger partial charge in [-0.3, -0.25) is 19.7 Å². The zero-order valence-corrected chi connectivity index (χ0v) is 16.8. The lowest BCUT2D eigenvalue weighted by molar-refractivity contribution is -0.578. The van der Waals surface area contributed by atoms with Crippen LogP contribution < -0.4 is 4.90 Å². The Balaban J connectivity index is 1.69. The van der Waals surface area contributed by atoms with Crippen LogP contribution in [0.25, 0.3) is 0 Å². The molecular weight excluding hydrogens is 416 g/mol. The van der Waals surface area contributed by atoms with Crippen LogP contribution in [0, 0.1) is 22.0 Å². The molecular formula is C24H15ClN2O4. The van der Waals surface area contributed by atoms with Gasteiger partial charge >= 0.3 is 0 Å². The van der Waals surface area contributed by atoms with E-state index in [1.54, 1.807) is 48.5 Å². The number of nitro groups is 1. The highest BCUT2D eigenvalue weighted by Gasteiger charge is 2.74. The number of rotatable bonds is 2. The minimum Gasteiger partial charge on any atom is -0.274 e. The summed E-state index contributed by atoms with van der Waals surface area (Å²) in [6.07, 6.45) is 0. The summed E-state index contributed by atoms with van der Waals surface area (Å²) in [6, 6.07) is 20.8. The molecule has 3 aliphatic carbocycles. The molecule has 6 nitrogen and oxygen atoms in total. The van der Waals surface area contributed by atoms with Crippen LogP contribution in [-0.4, -0.2) is 16.7 Å². The fourth-order valence-corrected chi connectivity index (χ4v) is 6.13. The second-order valence-corrected chi connectivity index (χ2v) is 8.55. The van der Waals surface area contributed by atoms with Crippen molar-refractivity contribution in [2.45, 2.75) is 11.5 Å². The molecule has 0 aromatic heterocycles. The van der Waals surface area contributed by atoms with E-state index in [-0.39, 0.29) is 15.6 Å². The van der Waals surface area contributed by atoms with E-state index in [0.717, 1.165) is 16.0 Å². The molecule has 1 heterocycles. The van der Waals surface area contributed by atoms with E-state index in [1.807, 2.05) is 24.3 Å². The number of nitrogens with zero attached hydrogens (tertiary/aromatic N) is 2. The maximum atomic E-state index is 13.8. The molecule has 1 fully saturated rings. The number of para-hydroxylation sites is 1. The van der Waals surface area contributed by atoms with Crippen LogP contribution in [-0.2, 0) is 15.1 Å². The third-order valence-corrected chi connectivity index (χ3v) is 7.27. The molecule has 4 aliphatic rings. The molecule has 2 amide bonds. The third-order valence-electron chi connectivity index (χ3n) is 6.95. The van der Waals surface area contributed by atoms with Crippen LogP contribution in [0.2, 0.25) is 5.02 Å². The van der Waals surface area contributed by atoms with Gasteiger partial charge in [0, 0.05) is 22.0 Å². The first-order valence-electron chi connectivity index (χ1n) is 9.95. The fraction of sp³-hybridized carbons (Fsp3) is 0.167. The zero-order chi connectivity index (χ0) is 21.5. The quantitative estimate of drug-likeness (QED) is 0.348. The van der Waals surface area contributed by atoms with Gasteiger partial charge in [-0.15, -0.1) is 0 Å². The maximum absolute atomic E-state index is 13.8. The van der Waals surface area contributed by atoms with Gasteiger partial charge < -0.3 is 0 Å². The van der Waals surface area contributed by atoms with Crippen LogP contribution in [0.1, 0.15) is 28.2 Å². The lowest BCUT2D eigenvalue weighted by Gasteiger charge is -2.48. The standard InChI is InChI=1S/C24H15ClN2O4/c25-17-11-5-6-12-18(17)26-22(28)20-19-13-7-1-3-9-15(13)24(27(30)31,21(20)23(26)29)16-10-4-2-8-14(16)19/h1-12,19-21H/t19?,20-,21-,24?/m1/s1. The van der Waals surface area contributed by atoms with Gasteiger partial charge in [0.25, 0.3) is 5.54 Å². The van der Waals surface area contributed by atoms with E-state index in [9.17, 15) is 19.7 Å². The summed E-state index contributed by atoms with van der Waals surface area (Å²) in [4.78, 5) is 41.0. The fourth-order valence-electron chi connectivity index (χ4n) is 5.91. The molecule has 0 N–H and O–H groups in total. The monoisotopic (exact) mass is 430 g/mol. The van der Waals surface area contributed by atoms with Crippen molar-refractivity contribution in [1.82, 2.24) is 0 Å². The Hall–Kier alpha value is -3.51. The second-order valence-electron chi connectivity index (χ2n) is 8.14. The van der Waals surface area contributed by atoms with E-state index in [0.29, 0.717) is 11.1 Å². The first-order valence-corrected chi connectivity index (χ1v) is 10.3. The molecule has 0 spiro atoms. The van der Waals surface area contributed by atoms with Crippen molar-refractivity contribution >= 4 is 29.1 Å². The van der Waals surface area contributed by atoms with Crippen LogP contribution in [0.4, 0.5) is 5.69 Å². The largest absolute Gasteiger partial charge is 0.285 e. The summed E-state index contributed by atoms with van der Waals surface area (Å²) in [5, 5.41) is 13.1. The Kier molecular flexibility index (Phi) is 3.55. The number of hydrogen-bond donors (Lipinski definition) is 0. The summed E-state index contributed by atoms with van der Waals surface area (Å²) in [7, 11) is 0. The number of halogens is 1. The predicted molar refractivity (Wildman–Crippen MR) is 113 cm³/mol. The molecule has 0 saturated carbocycles. The smallest absolute Gasteiger partial charge is 0.274 e. The van der Waals surface area contributed by atoms with Crippen molar-refractivity contribution in [3.8, 4) is 0 Å². The highest BCUT2D eigenvalue weighted by atomic mass is 35.5. The third kappa shape index (κ3) is 1.98. The number of carbonyl (C=O) groups is 2. The van der Waals surface area contributed by atoms with Gasteiger partial charge in [-0.2, -0.15) is 0 Å². The van der Waals surface area contributed by atoms with Gasteiger partial charge in [-0.1, -0.05) is 72.3 Å². The number of imide groups is 1. The van der Waals surface area contributed by atoms with Crippen LogP contribution in [0.15, 0.2) is 72.8 Å². The van der Waals surface area contributed by atoms with Crippen LogP contribution >= 0.6 is 11.6 Å². The van der Waals surface area contributed by atoms with E-state index in [4.69, 9.17) is 11.6 Å². The highest BCUT2D eigenvalue weighted by molar-refractivity contribution is 6.36. The van der Waals surface area contributed by atoms with Gasteiger partial charge in [0.2, 0.25) is 11.8 Å². The van der Waals surface area contributed by atoms with Crippen LogP contribution in [0.3, 0.4) is 0 Å². The predicted octanol–water partition coefficient (Wildman–Crippen LogP) is 4.13. The molecule has 3 aromatic rings. The summed E-state index contributed by atoms with van der Waals surface area (Å²) in [6.45, 7) is 0. The Labute approximate surface area is 182 Å². The average molecular weight is 431 g/mol. The van der Waals surface area contributed by atoms with Gasteiger partial charge in [-0.25, -0.2) is 4.90 Å². The van der Waals surface area contributed by atoms with E-state index < -0.39 is 35.1 Å². The van der Waals surface area contributed by atoms with E-state index >= 15 is 0 Å². The van der Waals surface area contributed by atoms with E-state index in [2.05, 4.69) is 0 Å². The maximum Gasteiger partial charge on any atom is 0.285 e. The van der Waals surface area contributed by atoms with Gasteiger partial charge in [0.1, 0.15) is 5.92 Å². The molecule has 7 rings (SSSR count). The van der Waals surface area contributed by atoms with E-state index in [1.165, 1.54) is 0 Å². The molecule has 3 aromatic carbocycles. The second kappa shape index (κ2) is 6.02. The first kappa shape index (κ1) is 18.3. The summed E-state index contributed by atoms with van der Waals surface area (Å²) >= 11 is 6.32. The molecule has 2 atom stereocenters. The molecule has 2 bridgehead atoms. The lowest BCUT2D eigenvalue weighted by Crippen LogP contribution is -2.57. The van der Waals surface area contributed by atoms with Gasteiger partial charge in [-0.05, 0) is 23.3 Å².